The number of hydrogen-bond donors (Lipinski definition) is 2. The van der Waals surface area contributed by atoms with Crippen molar-refractivity contribution in [3.8, 4) is 0 Å². The minimum Gasteiger partial charge on any atom is -0.387 e. The fourth-order valence-electron chi connectivity index (χ4n) is 3.02. The first-order valence-corrected chi connectivity index (χ1v) is 10.6. The van der Waals surface area contributed by atoms with Crippen molar-refractivity contribution in [3.63, 3.8) is 0 Å². The Morgan fingerprint density at radius 1 is 1.03 bits per heavy atom. The first-order valence-electron chi connectivity index (χ1n) is 9.84. The summed E-state index contributed by atoms with van der Waals surface area (Å²) in [6.07, 6.45) is -3.49. The maximum Gasteiger partial charge on any atom is 0.433 e. The highest BCUT2D eigenvalue weighted by Gasteiger charge is 2.32. The fourth-order valence-corrected chi connectivity index (χ4v) is 3.40. The lowest BCUT2D eigenvalue weighted by Gasteiger charge is -2.23. The zero-order chi connectivity index (χ0) is 24.9. The third kappa shape index (κ3) is 6.25. The highest BCUT2D eigenvalue weighted by molar-refractivity contribution is 6.42. The highest BCUT2D eigenvalue weighted by Crippen LogP contribution is 2.29. The van der Waals surface area contributed by atoms with E-state index in [1.807, 2.05) is 0 Å². The molecular formula is C23H18Cl2F3N3O3. The number of alkyl halides is 3. The van der Waals surface area contributed by atoms with Gasteiger partial charge in [-0.05, 0) is 47.5 Å². The van der Waals surface area contributed by atoms with E-state index in [0.717, 1.165) is 12.3 Å². The van der Waals surface area contributed by atoms with Gasteiger partial charge in [0, 0.05) is 24.0 Å². The molecule has 3 aromatic rings. The summed E-state index contributed by atoms with van der Waals surface area (Å²) in [5.74, 6) is -1.05. The topological polar surface area (TPSA) is 82.5 Å². The van der Waals surface area contributed by atoms with E-state index in [-0.39, 0.29) is 23.7 Å². The molecule has 2 amide bonds. The van der Waals surface area contributed by atoms with Gasteiger partial charge in [-0.3, -0.25) is 14.6 Å². The molecule has 0 aliphatic carbocycles. The molecule has 3 rings (SSSR count). The molecule has 0 saturated heterocycles. The Kier molecular flexibility index (Phi) is 8.14. The van der Waals surface area contributed by atoms with Crippen LogP contribution in [0.3, 0.4) is 0 Å². The molecule has 34 heavy (non-hydrogen) atoms. The number of carbonyl (C=O) groups is 2. The summed E-state index contributed by atoms with van der Waals surface area (Å²) in [5.41, 5.74) is 0.637. The van der Waals surface area contributed by atoms with Crippen molar-refractivity contribution in [1.82, 2.24) is 10.3 Å². The summed E-state index contributed by atoms with van der Waals surface area (Å²) < 4.78 is 37.8. The molecule has 2 N–H and O–H groups in total. The van der Waals surface area contributed by atoms with E-state index in [2.05, 4.69) is 10.3 Å². The number of nitrogens with zero attached hydrogens (tertiary/aromatic N) is 2. The van der Waals surface area contributed by atoms with E-state index < -0.39 is 30.3 Å². The number of aliphatic hydroxyl groups is 1. The summed E-state index contributed by atoms with van der Waals surface area (Å²) in [6, 6.07) is 13.1. The molecule has 0 aliphatic rings. The largest absolute Gasteiger partial charge is 0.433 e. The second-order valence-electron chi connectivity index (χ2n) is 7.13. The van der Waals surface area contributed by atoms with Crippen LogP contribution in [0.4, 0.5) is 18.9 Å². The van der Waals surface area contributed by atoms with E-state index >= 15 is 0 Å². The van der Waals surface area contributed by atoms with Crippen LogP contribution < -0.4 is 10.2 Å². The molecule has 0 unspecified atom stereocenters. The number of nitrogens with one attached hydrogen (secondary N) is 1. The Balaban J connectivity index is 1.69. The summed E-state index contributed by atoms with van der Waals surface area (Å²) in [7, 11) is 0. The highest BCUT2D eigenvalue weighted by atomic mass is 35.5. The first kappa shape index (κ1) is 25.5. The van der Waals surface area contributed by atoms with Gasteiger partial charge in [0.05, 0.1) is 16.6 Å². The molecule has 178 valence electrons. The smallest absolute Gasteiger partial charge is 0.387 e. The van der Waals surface area contributed by atoms with Gasteiger partial charge in [-0.15, -0.1) is 0 Å². The van der Waals surface area contributed by atoms with Crippen molar-refractivity contribution in [2.24, 2.45) is 0 Å². The molecule has 0 bridgehead atoms. The second kappa shape index (κ2) is 10.9. The van der Waals surface area contributed by atoms with Crippen LogP contribution in [0.5, 0.6) is 0 Å². The predicted molar refractivity (Wildman–Crippen MR) is 122 cm³/mol. The lowest BCUT2D eigenvalue weighted by Crippen LogP contribution is -2.33. The van der Waals surface area contributed by atoms with E-state index in [1.54, 1.807) is 18.2 Å². The number of rotatable bonds is 7. The third-order valence-corrected chi connectivity index (χ3v) is 5.66. The van der Waals surface area contributed by atoms with Crippen molar-refractivity contribution in [3.05, 3.63) is 93.2 Å². The number of halogens is 5. The Hall–Kier alpha value is -3.14. The number of aliphatic hydroxyl groups excluding tert-OH is 1. The van der Waals surface area contributed by atoms with Crippen LogP contribution in [0.2, 0.25) is 10.0 Å². The van der Waals surface area contributed by atoms with Gasteiger partial charge in [0.15, 0.2) is 0 Å². The zero-order valence-electron chi connectivity index (χ0n) is 17.4. The van der Waals surface area contributed by atoms with Gasteiger partial charge in [0.25, 0.3) is 11.8 Å². The molecule has 1 heterocycles. The van der Waals surface area contributed by atoms with Crippen LogP contribution in [0.25, 0.3) is 0 Å². The van der Waals surface area contributed by atoms with Crippen molar-refractivity contribution in [2.45, 2.75) is 19.3 Å². The summed E-state index contributed by atoms with van der Waals surface area (Å²) in [4.78, 5) is 29.4. The number of aromatic nitrogens is 1. The number of anilines is 1. The normalized spacial score (nSPS) is 11.2. The van der Waals surface area contributed by atoms with Crippen molar-refractivity contribution < 1.29 is 27.9 Å². The third-order valence-electron chi connectivity index (χ3n) is 4.81. The average Bonchev–Trinajstić information content (AvgIpc) is 2.83. The zero-order valence-corrected chi connectivity index (χ0v) is 19.0. The molecule has 0 spiro atoms. The quantitative estimate of drug-likeness (QED) is 0.474. The van der Waals surface area contributed by atoms with Crippen molar-refractivity contribution in [1.29, 1.82) is 0 Å². The minimum atomic E-state index is -4.53. The van der Waals surface area contributed by atoms with Crippen LogP contribution in [0.1, 0.15) is 27.2 Å². The minimum absolute atomic E-state index is 0.0197. The number of amides is 2. The molecule has 0 fully saturated rings. The molecule has 6 nitrogen and oxygen atoms in total. The van der Waals surface area contributed by atoms with E-state index in [4.69, 9.17) is 23.2 Å². The lowest BCUT2D eigenvalue weighted by molar-refractivity contribution is -0.141. The van der Waals surface area contributed by atoms with Crippen LogP contribution >= 0.6 is 23.2 Å². The molecule has 0 radical (unpaired) electrons. The van der Waals surface area contributed by atoms with Crippen molar-refractivity contribution in [2.75, 3.05) is 11.5 Å². The molecule has 0 atom stereocenters. The molecule has 2 aromatic carbocycles. The molecule has 0 saturated carbocycles. The standard InChI is InChI=1S/C23H18Cl2F3N3O3/c24-18-3-1-2-16(21(18)25)12-31(20(33)13-32)17-7-5-15(6-8-17)22(34)30-11-14-4-9-19(29-10-14)23(26,27)28/h1-10,32H,11-13H2,(H,30,34). The Bertz CT molecular complexity index is 1170. The maximum atomic E-state index is 12.6. The van der Waals surface area contributed by atoms with Crippen molar-refractivity contribution >= 4 is 40.7 Å². The second-order valence-corrected chi connectivity index (χ2v) is 7.92. The van der Waals surface area contributed by atoms with Gasteiger partial charge in [-0.25, -0.2) is 0 Å². The van der Waals surface area contributed by atoms with Crippen LogP contribution in [-0.4, -0.2) is 28.5 Å². The summed E-state index contributed by atoms with van der Waals surface area (Å²) >= 11 is 12.2. The predicted octanol–water partition coefficient (Wildman–Crippen LogP) is 4.86. The first-order chi connectivity index (χ1) is 16.1. The van der Waals surface area contributed by atoms with Crippen LogP contribution in [0.15, 0.2) is 60.8 Å². The van der Waals surface area contributed by atoms with Gasteiger partial charge in [-0.1, -0.05) is 41.4 Å². The number of carbonyl (C=O) groups excluding carboxylic acids is 2. The maximum absolute atomic E-state index is 12.6. The number of hydrogen-bond acceptors (Lipinski definition) is 4. The van der Waals surface area contributed by atoms with Gasteiger partial charge in [0.2, 0.25) is 0 Å². The van der Waals surface area contributed by atoms with Crippen LogP contribution in [0, 0.1) is 0 Å². The van der Waals surface area contributed by atoms with E-state index in [1.165, 1.54) is 35.2 Å². The number of pyridine rings is 1. The van der Waals surface area contributed by atoms with E-state index in [0.29, 0.717) is 21.8 Å². The Labute approximate surface area is 202 Å². The Morgan fingerprint density at radius 3 is 2.32 bits per heavy atom. The molecule has 11 heteroatoms. The summed E-state index contributed by atoms with van der Waals surface area (Å²) in [6.45, 7) is -0.707. The van der Waals surface area contributed by atoms with Gasteiger partial charge >= 0.3 is 6.18 Å². The van der Waals surface area contributed by atoms with Gasteiger partial charge in [0.1, 0.15) is 12.3 Å². The average molecular weight is 512 g/mol. The molecular weight excluding hydrogens is 494 g/mol. The molecule has 1 aromatic heterocycles. The van der Waals surface area contributed by atoms with E-state index in [9.17, 15) is 27.9 Å². The SMILES string of the molecule is O=C(NCc1ccc(C(F)(F)F)nc1)c1ccc(N(Cc2cccc(Cl)c2Cl)C(=O)CO)cc1. The van der Waals surface area contributed by atoms with Gasteiger partial charge < -0.3 is 15.3 Å². The van der Waals surface area contributed by atoms with Gasteiger partial charge in [-0.2, -0.15) is 13.2 Å². The lowest BCUT2D eigenvalue weighted by atomic mass is 10.1. The monoisotopic (exact) mass is 511 g/mol. The molecule has 0 aliphatic heterocycles. The summed E-state index contributed by atoms with van der Waals surface area (Å²) in [5, 5.41) is 12.6. The van der Waals surface area contributed by atoms with Crippen LogP contribution in [-0.2, 0) is 24.1 Å². The Morgan fingerprint density at radius 2 is 1.74 bits per heavy atom. The number of benzene rings is 2. The fraction of sp³-hybridized carbons (Fsp3) is 0.174.